The molecule has 1 heterocycles. The maximum absolute atomic E-state index is 12.4. The van der Waals surface area contributed by atoms with Crippen molar-refractivity contribution in [1.29, 1.82) is 0 Å². The van der Waals surface area contributed by atoms with Crippen molar-refractivity contribution in [3.63, 3.8) is 0 Å². The van der Waals surface area contributed by atoms with Crippen molar-refractivity contribution in [2.45, 2.75) is 66.5 Å². The Morgan fingerprint density at radius 3 is 2.22 bits per heavy atom. The lowest BCUT2D eigenvalue weighted by molar-refractivity contribution is -0.131. The molecule has 3 heteroatoms. The molecule has 0 spiro atoms. The van der Waals surface area contributed by atoms with Crippen molar-refractivity contribution in [2.24, 2.45) is 10.8 Å². The van der Waals surface area contributed by atoms with Crippen molar-refractivity contribution >= 4 is 5.78 Å². The Bertz CT molecular complexity index is 299. The number of aliphatic hydroxyl groups excluding tert-OH is 1. The highest BCUT2D eigenvalue weighted by Gasteiger charge is 2.40. The molecule has 0 radical (unpaired) electrons. The van der Waals surface area contributed by atoms with E-state index in [1.807, 2.05) is 20.8 Å². The van der Waals surface area contributed by atoms with Gasteiger partial charge in [0.25, 0.3) is 0 Å². The van der Waals surface area contributed by atoms with E-state index in [2.05, 4.69) is 25.7 Å². The summed E-state index contributed by atoms with van der Waals surface area (Å²) < 4.78 is 0. The summed E-state index contributed by atoms with van der Waals surface area (Å²) >= 11 is 0. The third-order valence-electron chi connectivity index (χ3n) is 3.57. The van der Waals surface area contributed by atoms with Crippen LogP contribution in [0.4, 0.5) is 0 Å². The Labute approximate surface area is 112 Å². The van der Waals surface area contributed by atoms with Gasteiger partial charge in [-0.15, -0.1) is 0 Å². The first-order valence-corrected chi connectivity index (χ1v) is 6.97. The molecule has 106 valence electrons. The molecule has 0 aromatic heterocycles. The molecule has 1 aliphatic rings. The number of aliphatic hydroxyl groups is 1. The van der Waals surface area contributed by atoms with Gasteiger partial charge in [0.2, 0.25) is 0 Å². The smallest absolute Gasteiger partial charge is 0.155 e. The molecule has 1 aliphatic heterocycles. The van der Waals surface area contributed by atoms with Gasteiger partial charge < -0.3 is 5.11 Å². The van der Waals surface area contributed by atoms with E-state index >= 15 is 0 Å². The summed E-state index contributed by atoms with van der Waals surface area (Å²) in [5, 5.41) is 9.82. The summed E-state index contributed by atoms with van der Waals surface area (Å²) in [6.45, 7) is 14.0. The van der Waals surface area contributed by atoms with E-state index in [1.54, 1.807) is 0 Å². The van der Waals surface area contributed by atoms with Gasteiger partial charge in [-0.05, 0) is 24.8 Å². The fourth-order valence-corrected chi connectivity index (χ4v) is 2.38. The van der Waals surface area contributed by atoms with Gasteiger partial charge in [-0.3, -0.25) is 9.69 Å². The molecule has 2 atom stereocenters. The Morgan fingerprint density at radius 1 is 1.22 bits per heavy atom. The highest BCUT2D eigenvalue weighted by Crippen LogP contribution is 2.28. The lowest BCUT2D eigenvalue weighted by atomic mass is 9.85. The first-order chi connectivity index (χ1) is 8.00. The maximum atomic E-state index is 12.4. The zero-order chi connectivity index (χ0) is 14.1. The molecule has 0 aromatic rings. The minimum atomic E-state index is -0.346. The molecule has 0 unspecified atom stereocenters. The van der Waals surface area contributed by atoms with E-state index in [-0.39, 0.29) is 28.8 Å². The van der Waals surface area contributed by atoms with E-state index in [0.29, 0.717) is 13.0 Å². The second kappa shape index (κ2) is 5.30. The van der Waals surface area contributed by atoms with Crippen molar-refractivity contribution in [1.82, 2.24) is 4.90 Å². The van der Waals surface area contributed by atoms with Crippen LogP contribution in [-0.4, -0.2) is 41.0 Å². The molecular formula is C15H29NO2. The van der Waals surface area contributed by atoms with Gasteiger partial charge in [0.1, 0.15) is 0 Å². The molecule has 1 rings (SSSR count). The molecule has 1 N–H and O–H groups in total. The number of β-amino-alcohol motifs (C(OH)–C–C–N with tert-alkyl or cyclic N) is 1. The molecule has 0 aromatic carbocycles. The minimum absolute atomic E-state index is 0.0950. The number of hydrogen-bond donors (Lipinski definition) is 1. The zero-order valence-corrected chi connectivity index (χ0v) is 12.8. The summed E-state index contributed by atoms with van der Waals surface area (Å²) in [5.41, 5.74) is -0.0580. The maximum Gasteiger partial charge on any atom is 0.155 e. The van der Waals surface area contributed by atoms with Crippen LogP contribution in [-0.2, 0) is 4.79 Å². The van der Waals surface area contributed by atoms with Gasteiger partial charge in [0.05, 0.1) is 12.1 Å². The number of ketones is 1. The highest BCUT2D eigenvalue weighted by molar-refractivity contribution is 5.89. The van der Waals surface area contributed by atoms with Gasteiger partial charge in [-0.2, -0.15) is 0 Å². The Hall–Kier alpha value is -0.410. The SMILES string of the molecule is CC(C)(C)CCN1C[C@@H](O)C[C@H]1C(=O)C(C)(C)C. The first kappa shape index (κ1) is 15.6. The van der Waals surface area contributed by atoms with Crippen LogP contribution in [0, 0.1) is 10.8 Å². The quantitative estimate of drug-likeness (QED) is 0.842. The van der Waals surface area contributed by atoms with Crippen molar-refractivity contribution in [3.8, 4) is 0 Å². The summed E-state index contributed by atoms with van der Waals surface area (Å²) in [4.78, 5) is 14.6. The number of Topliss-reactive ketones (excluding diaryl/α,β-unsaturated/α-hetero) is 1. The van der Waals surface area contributed by atoms with Crippen LogP contribution in [0.3, 0.4) is 0 Å². The first-order valence-electron chi connectivity index (χ1n) is 6.97. The lowest BCUT2D eigenvalue weighted by Crippen LogP contribution is -2.42. The summed E-state index contributed by atoms with van der Waals surface area (Å²) in [6.07, 6.45) is 1.30. The average Bonchev–Trinajstić information content (AvgIpc) is 2.52. The average molecular weight is 255 g/mol. The number of carbonyl (C=O) groups excluding carboxylic acids is 1. The third kappa shape index (κ3) is 4.36. The van der Waals surface area contributed by atoms with Crippen LogP contribution < -0.4 is 0 Å². The Balaban J connectivity index is 2.68. The fourth-order valence-electron chi connectivity index (χ4n) is 2.38. The van der Waals surface area contributed by atoms with Gasteiger partial charge in [-0.25, -0.2) is 0 Å². The molecular weight excluding hydrogens is 226 g/mol. The second-order valence-corrected chi connectivity index (χ2v) is 7.83. The van der Waals surface area contributed by atoms with Crippen LogP contribution in [0.15, 0.2) is 0 Å². The fraction of sp³-hybridized carbons (Fsp3) is 0.933. The summed E-state index contributed by atoms with van der Waals surface area (Å²) in [7, 11) is 0. The standard InChI is InChI=1S/C15H29NO2/c1-14(2,3)7-8-16-10-11(17)9-12(16)13(18)15(4,5)6/h11-12,17H,7-10H2,1-6H3/t11-,12-/m0/s1. The van der Waals surface area contributed by atoms with Crippen molar-refractivity contribution < 1.29 is 9.90 Å². The number of likely N-dealkylation sites (tertiary alicyclic amines) is 1. The number of carbonyl (C=O) groups is 1. The molecule has 3 nitrogen and oxygen atoms in total. The molecule has 0 bridgehead atoms. The van der Waals surface area contributed by atoms with Crippen molar-refractivity contribution in [2.75, 3.05) is 13.1 Å². The third-order valence-corrected chi connectivity index (χ3v) is 3.57. The molecule has 1 fully saturated rings. The van der Waals surface area contributed by atoms with Crippen molar-refractivity contribution in [3.05, 3.63) is 0 Å². The van der Waals surface area contributed by atoms with Gasteiger partial charge in [0, 0.05) is 12.0 Å². The van der Waals surface area contributed by atoms with Crippen LogP contribution >= 0.6 is 0 Å². The lowest BCUT2D eigenvalue weighted by Gasteiger charge is -2.30. The number of hydrogen-bond acceptors (Lipinski definition) is 3. The Morgan fingerprint density at radius 2 is 1.78 bits per heavy atom. The van der Waals surface area contributed by atoms with E-state index in [1.165, 1.54) is 0 Å². The summed E-state index contributed by atoms with van der Waals surface area (Å²) in [5.74, 6) is 0.257. The van der Waals surface area contributed by atoms with Crippen LogP contribution in [0.25, 0.3) is 0 Å². The van der Waals surface area contributed by atoms with Gasteiger partial charge in [-0.1, -0.05) is 41.5 Å². The molecule has 0 amide bonds. The molecule has 18 heavy (non-hydrogen) atoms. The Kier molecular flexibility index (Phi) is 4.60. The number of rotatable bonds is 3. The normalized spacial score (nSPS) is 26.6. The van der Waals surface area contributed by atoms with Crippen LogP contribution in [0.2, 0.25) is 0 Å². The largest absolute Gasteiger partial charge is 0.392 e. The molecule has 0 saturated carbocycles. The number of nitrogens with zero attached hydrogens (tertiary/aromatic N) is 1. The highest BCUT2D eigenvalue weighted by atomic mass is 16.3. The van der Waals surface area contributed by atoms with Crippen LogP contribution in [0.5, 0.6) is 0 Å². The topological polar surface area (TPSA) is 40.5 Å². The predicted molar refractivity (Wildman–Crippen MR) is 74.5 cm³/mol. The van der Waals surface area contributed by atoms with Gasteiger partial charge >= 0.3 is 0 Å². The van der Waals surface area contributed by atoms with Gasteiger partial charge in [0.15, 0.2) is 5.78 Å². The molecule has 1 saturated heterocycles. The predicted octanol–water partition coefficient (Wildman–Crippen LogP) is 2.47. The van der Waals surface area contributed by atoms with E-state index in [0.717, 1.165) is 13.0 Å². The van der Waals surface area contributed by atoms with Crippen LogP contribution in [0.1, 0.15) is 54.4 Å². The zero-order valence-electron chi connectivity index (χ0n) is 12.8. The van der Waals surface area contributed by atoms with E-state index < -0.39 is 0 Å². The summed E-state index contributed by atoms with van der Waals surface area (Å²) in [6, 6.07) is -0.0950. The van der Waals surface area contributed by atoms with E-state index in [4.69, 9.17) is 0 Å². The molecule has 0 aliphatic carbocycles. The second-order valence-electron chi connectivity index (χ2n) is 7.83. The monoisotopic (exact) mass is 255 g/mol. The van der Waals surface area contributed by atoms with E-state index in [9.17, 15) is 9.90 Å². The minimum Gasteiger partial charge on any atom is -0.392 e.